The molecule has 23 heavy (non-hydrogen) atoms. The van der Waals surface area contributed by atoms with E-state index in [9.17, 15) is 9.59 Å². The van der Waals surface area contributed by atoms with Gasteiger partial charge in [-0.2, -0.15) is 0 Å². The Bertz CT molecular complexity index is 711. The molecule has 7 heteroatoms. The first-order valence-electron chi connectivity index (χ1n) is 7.03. The van der Waals surface area contributed by atoms with Crippen LogP contribution in [0, 0.1) is 0 Å². The van der Waals surface area contributed by atoms with Crippen LogP contribution in [-0.2, 0) is 11.2 Å². The number of hydrogen-bond donors (Lipinski definition) is 3. The van der Waals surface area contributed by atoms with Gasteiger partial charge in [-0.1, -0.05) is 23.4 Å². The third-order valence-electron chi connectivity index (χ3n) is 3.45. The van der Waals surface area contributed by atoms with Gasteiger partial charge in [-0.3, -0.25) is 4.79 Å². The van der Waals surface area contributed by atoms with Crippen molar-refractivity contribution in [1.29, 1.82) is 0 Å². The number of urea groups is 1. The lowest BCUT2D eigenvalue weighted by Crippen LogP contribution is -2.28. The lowest BCUT2D eigenvalue weighted by molar-refractivity contribution is -0.113. The molecule has 0 heterocycles. The minimum Gasteiger partial charge on any atom is -0.366 e. The van der Waals surface area contributed by atoms with Gasteiger partial charge in [0.05, 0.1) is 5.03 Å². The number of carbonyl (C=O) groups excluding carboxylic acids is 2. The number of primary amides is 2. The summed E-state index contributed by atoms with van der Waals surface area (Å²) in [6.07, 6.45) is 5.13. The molecule has 1 aliphatic carbocycles. The molecule has 3 amide bonds. The Labute approximate surface area is 143 Å². The monoisotopic (exact) mass is 349 g/mol. The number of hydrogen-bond acceptors (Lipinski definition) is 4. The fourth-order valence-corrected chi connectivity index (χ4v) is 3.93. The maximum absolute atomic E-state index is 11.2. The Morgan fingerprint density at radius 2 is 2.00 bits per heavy atom. The van der Waals surface area contributed by atoms with Gasteiger partial charge in [0.1, 0.15) is 0 Å². The lowest BCUT2D eigenvalue weighted by Gasteiger charge is -2.22. The summed E-state index contributed by atoms with van der Waals surface area (Å²) in [5, 5.41) is 2.80. The van der Waals surface area contributed by atoms with E-state index < -0.39 is 11.9 Å². The molecule has 1 aromatic rings. The zero-order valence-electron chi connectivity index (χ0n) is 13.0. The van der Waals surface area contributed by atoms with E-state index in [-0.39, 0.29) is 0 Å². The second-order valence-electron chi connectivity index (χ2n) is 5.13. The van der Waals surface area contributed by atoms with Gasteiger partial charge in [-0.15, -0.1) is 11.8 Å². The number of nitrogens with one attached hydrogen (secondary N) is 1. The van der Waals surface area contributed by atoms with Crippen molar-refractivity contribution in [3.63, 3.8) is 0 Å². The summed E-state index contributed by atoms with van der Waals surface area (Å²) in [7, 11) is 0. The second-order valence-corrected chi connectivity index (χ2v) is 7.07. The molecular weight excluding hydrogens is 330 g/mol. The van der Waals surface area contributed by atoms with Gasteiger partial charge in [-0.25, -0.2) is 4.79 Å². The number of aryl methyl sites for hydroxylation is 1. The fraction of sp³-hybridized carbons (Fsp3) is 0.250. The second kappa shape index (κ2) is 7.61. The molecule has 0 fully saturated rings. The van der Waals surface area contributed by atoms with Gasteiger partial charge >= 0.3 is 6.03 Å². The van der Waals surface area contributed by atoms with Crippen molar-refractivity contribution in [3.05, 3.63) is 46.0 Å². The fourth-order valence-electron chi connectivity index (χ4n) is 2.37. The van der Waals surface area contributed by atoms with E-state index in [0.29, 0.717) is 5.03 Å². The average molecular weight is 349 g/mol. The molecule has 5 N–H and O–H groups in total. The highest BCUT2D eigenvalue weighted by Crippen LogP contribution is 2.42. The highest BCUT2D eigenvalue weighted by atomic mass is 32.2. The van der Waals surface area contributed by atoms with Crippen molar-refractivity contribution in [3.8, 4) is 0 Å². The van der Waals surface area contributed by atoms with E-state index in [1.165, 1.54) is 33.9 Å². The molecule has 0 saturated heterocycles. The molecule has 5 nitrogen and oxygen atoms in total. The van der Waals surface area contributed by atoms with Gasteiger partial charge < -0.3 is 16.8 Å². The Kier molecular flexibility index (Phi) is 5.79. The predicted octanol–water partition coefficient (Wildman–Crippen LogP) is 2.81. The van der Waals surface area contributed by atoms with Crippen molar-refractivity contribution >= 4 is 40.4 Å². The maximum atomic E-state index is 11.2. The third kappa shape index (κ3) is 4.56. The zero-order valence-corrected chi connectivity index (χ0v) is 14.6. The van der Waals surface area contributed by atoms with Crippen LogP contribution in [0.1, 0.15) is 24.5 Å². The van der Waals surface area contributed by atoms with Crippen molar-refractivity contribution in [2.75, 3.05) is 6.26 Å². The first kappa shape index (κ1) is 17.5. The van der Waals surface area contributed by atoms with Crippen LogP contribution in [0.2, 0.25) is 0 Å². The van der Waals surface area contributed by atoms with E-state index in [2.05, 4.69) is 30.4 Å². The largest absolute Gasteiger partial charge is 0.366 e. The number of rotatable bonds is 5. The molecule has 0 spiro atoms. The van der Waals surface area contributed by atoms with Crippen LogP contribution >= 0.6 is 23.5 Å². The molecule has 0 bridgehead atoms. The summed E-state index contributed by atoms with van der Waals surface area (Å²) in [6.45, 7) is 2.06. The number of allylic oxidation sites excluding steroid dienone is 1. The van der Waals surface area contributed by atoms with Crippen LogP contribution in [-0.4, -0.2) is 18.2 Å². The van der Waals surface area contributed by atoms with Gasteiger partial charge in [0, 0.05) is 15.9 Å². The van der Waals surface area contributed by atoms with E-state index in [1.807, 2.05) is 6.26 Å². The molecule has 0 aliphatic heterocycles. The molecule has 0 aromatic heterocycles. The summed E-state index contributed by atoms with van der Waals surface area (Å²) in [4.78, 5) is 24.5. The van der Waals surface area contributed by atoms with Gasteiger partial charge in [-0.05, 0) is 49.3 Å². The molecule has 2 rings (SSSR count). The Morgan fingerprint density at radius 3 is 2.61 bits per heavy atom. The molecule has 0 atom stereocenters. The smallest absolute Gasteiger partial charge is 0.317 e. The molecule has 1 aliphatic rings. The molecule has 0 saturated carbocycles. The van der Waals surface area contributed by atoms with Crippen molar-refractivity contribution in [2.24, 2.45) is 11.5 Å². The molecule has 0 radical (unpaired) electrons. The molecule has 1 aromatic carbocycles. The maximum Gasteiger partial charge on any atom is 0.317 e. The third-order valence-corrected chi connectivity index (χ3v) is 5.39. The van der Waals surface area contributed by atoms with E-state index in [1.54, 1.807) is 11.8 Å². The van der Waals surface area contributed by atoms with Crippen molar-refractivity contribution in [1.82, 2.24) is 5.32 Å². The van der Waals surface area contributed by atoms with Gasteiger partial charge in [0.15, 0.2) is 0 Å². The highest BCUT2D eigenvalue weighted by molar-refractivity contribution is 8.11. The molecule has 0 unspecified atom stereocenters. The number of amides is 3. The first-order chi connectivity index (χ1) is 10.9. The van der Waals surface area contributed by atoms with Crippen LogP contribution in [0.25, 0.3) is 4.91 Å². The SMILES string of the molecule is CSc1ccc2c(c1)C(S/C(=C/C(N)=O)NC(N)=O)=C(C)CC2. The number of nitrogens with two attached hydrogens (primary N) is 2. The van der Waals surface area contributed by atoms with Crippen LogP contribution in [0.5, 0.6) is 0 Å². The quantitative estimate of drug-likeness (QED) is 0.562. The summed E-state index contributed by atoms with van der Waals surface area (Å²) in [5.74, 6) is -0.631. The number of benzene rings is 1. The Morgan fingerprint density at radius 1 is 1.26 bits per heavy atom. The minimum absolute atomic E-state index is 0.335. The first-order valence-corrected chi connectivity index (χ1v) is 9.07. The van der Waals surface area contributed by atoms with Crippen LogP contribution < -0.4 is 16.8 Å². The molecular formula is C16H19N3O2S2. The summed E-state index contributed by atoms with van der Waals surface area (Å²) in [6, 6.07) is 5.65. The summed E-state index contributed by atoms with van der Waals surface area (Å²) < 4.78 is 0. The average Bonchev–Trinajstić information content (AvgIpc) is 2.48. The van der Waals surface area contributed by atoms with Crippen molar-refractivity contribution in [2.45, 2.75) is 24.7 Å². The topological polar surface area (TPSA) is 98.2 Å². The van der Waals surface area contributed by atoms with Gasteiger partial charge in [0.2, 0.25) is 5.91 Å². The predicted molar refractivity (Wildman–Crippen MR) is 96.7 cm³/mol. The van der Waals surface area contributed by atoms with Crippen LogP contribution in [0.4, 0.5) is 4.79 Å². The Hall–Kier alpha value is -1.86. The number of carbonyl (C=O) groups is 2. The summed E-state index contributed by atoms with van der Waals surface area (Å²) in [5.41, 5.74) is 14.0. The number of fused-ring (bicyclic) bond motifs is 1. The van der Waals surface area contributed by atoms with E-state index >= 15 is 0 Å². The molecule has 122 valence electrons. The Balaban J connectivity index is 2.41. The van der Waals surface area contributed by atoms with E-state index in [4.69, 9.17) is 11.5 Å². The summed E-state index contributed by atoms with van der Waals surface area (Å²) >= 11 is 2.99. The number of thioether (sulfide) groups is 2. The van der Waals surface area contributed by atoms with Crippen molar-refractivity contribution < 1.29 is 9.59 Å². The van der Waals surface area contributed by atoms with Crippen LogP contribution in [0.3, 0.4) is 0 Å². The standard InChI is InChI=1S/C16H19N3O2S2/c1-9-3-4-10-5-6-11(22-2)7-12(10)15(9)23-14(8-13(17)20)19-16(18)21/h5-8H,3-4H2,1-2H3,(H2,17,20)(H3,18,19,21)/b14-8+. The minimum atomic E-state index is -0.725. The normalized spacial score (nSPS) is 14.4. The highest BCUT2D eigenvalue weighted by Gasteiger charge is 2.19. The van der Waals surface area contributed by atoms with E-state index in [0.717, 1.165) is 23.3 Å². The van der Waals surface area contributed by atoms with Crippen LogP contribution in [0.15, 0.2) is 39.8 Å². The van der Waals surface area contributed by atoms with Gasteiger partial charge in [0.25, 0.3) is 0 Å². The zero-order chi connectivity index (χ0) is 17.0. The lowest BCUT2D eigenvalue weighted by atomic mass is 9.93.